The Morgan fingerprint density at radius 2 is 2.08 bits per heavy atom. The molecule has 2 aromatic heterocycles. The van der Waals surface area contributed by atoms with Crippen molar-refractivity contribution >= 4 is 63.2 Å². The second-order valence-electron chi connectivity index (χ2n) is 5.47. The number of halogens is 2. The molecule has 130 valence electrons. The smallest absolute Gasteiger partial charge is 0.186 e. The fourth-order valence-electron chi connectivity index (χ4n) is 2.58. The van der Waals surface area contributed by atoms with Crippen molar-refractivity contribution in [2.45, 2.75) is 5.92 Å². The summed E-state index contributed by atoms with van der Waals surface area (Å²) in [7, 11) is 0. The predicted molar refractivity (Wildman–Crippen MR) is 107 cm³/mol. The highest BCUT2D eigenvalue weighted by Gasteiger charge is 2.38. The van der Waals surface area contributed by atoms with Gasteiger partial charge in [-0.05, 0) is 36.4 Å². The van der Waals surface area contributed by atoms with E-state index in [2.05, 4.69) is 4.98 Å². The first-order valence-corrected chi connectivity index (χ1v) is 9.95. The van der Waals surface area contributed by atoms with E-state index in [0.717, 1.165) is 11.8 Å². The van der Waals surface area contributed by atoms with Crippen LogP contribution in [0.25, 0.3) is 17.4 Å². The number of benzene rings is 1. The van der Waals surface area contributed by atoms with Gasteiger partial charge in [0, 0.05) is 22.2 Å². The predicted octanol–water partition coefficient (Wildman–Crippen LogP) is 6.13. The van der Waals surface area contributed by atoms with Gasteiger partial charge in [-0.15, -0.1) is 11.3 Å². The lowest BCUT2D eigenvalue weighted by molar-refractivity contribution is -0.114. The number of nitrogens with one attached hydrogen (secondary N) is 1. The van der Waals surface area contributed by atoms with E-state index in [1.165, 1.54) is 11.3 Å². The average molecular weight is 421 g/mol. The molecule has 1 aromatic carbocycles. The Morgan fingerprint density at radius 3 is 2.85 bits per heavy atom. The number of carbonyl (C=O) groups is 1. The van der Waals surface area contributed by atoms with Crippen molar-refractivity contribution in [3.8, 4) is 11.3 Å². The van der Waals surface area contributed by atoms with E-state index < -0.39 is 5.92 Å². The standard InChI is InChI=1S/C18H10Cl2N2O2S2/c19-9-1-3-12(20)11(7-9)13-4-2-10(24-13)8-14-16(23)15(17(21)26-14)18-22-5-6-25-18/h1-8,15,21H. The van der Waals surface area contributed by atoms with Gasteiger partial charge in [-0.1, -0.05) is 35.0 Å². The Morgan fingerprint density at radius 1 is 1.23 bits per heavy atom. The van der Waals surface area contributed by atoms with Crippen molar-refractivity contribution in [3.05, 3.63) is 67.6 Å². The summed E-state index contributed by atoms with van der Waals surface area (Å²) >= 11 is 14.7. The van der Waals surface area contributed by atoms with E-state index in [-0.39, 0.29) is 10.8 Å². The van der Waals surface area contributed by atoms with Crippen LogP contribution in [0.15, 0.2) is 51.2 Å². The van der Waals surface area contributed by atoms with Crippen molar-refractivity contribution < 1.29 is 9.21 Å². The van der Waals surface area contributed by atoms with Crippen LogP contribution in [0.3, 0.4) is 0 Å². The summed E-state index contributed by atoms with van der Waals surface area (Å²) in [4.78, 5) is 17.3. The van der Waals surface area contributed by atoms with Crippen LogP contribution >= 0.6 is 46.3 Å². The number of Topliss-reactive ketones (excluding diaryl/α,β-unsaturated/α-hetero) is 1. The van der Waals surface area contributed by atoms with Gasteiger partial charge < -0.3 is 4.42 Å². The molecule has 4 nitrogen and oxygen atoms in total. The quantitative estimate of drug-likeness (QED) is 0.517. The Hall–Kier alpha value is -1.86. The lowest BCUT2D eigenvalue weighted by atomic mass is 10.1. The number of ketones is 1. The van der Waals surface area contributed by atoms with Crippen molar-refractivity contribution in [1.29, 1.82) is 5.41 Å². The maximum Gasteiger partial charge on any atom is 0.186 e. The molecule has 1 N–H and O–H groups in total. The van der Waals surface area contributed by atoms with Crippen molar-refractivity contribution in [2.24, 2.45) is 0 Å². The lowest BCUT2D eigenvalue weighted by Gasteiger charge is -2.01. The summed E-state index contributed by atoms with van der Waals surface area (Å²) in [5.41, 5.74) is 0.683. The number of thiazole rings is 1. The monoisotopic (exact) mass is 420 g/mol. The van der Waals surface area contributed by atoms with Crippen LogP contribution in [0.1, 0.15) is 16.7 Å². The zero-order valence-corrected chi connectivity index (χ0v) is 16.2. The molecule has 0 amide bonds. The van der Waals surface area contributed by atoms with Gasteiger partial charge in [0.05, 0.1) is 15.0 Å². The third-order valence-corrected chi connectivity index (χ3v) is 6.18. The Labute approximate surface area is 167 Å². The maximum absolute atomic E-state index is 12.7. The number of allylic oxidation sites excluding steroid dienone is 1. The zero-order chi connectivity index (χ0) is 18.3. The average Bonchev–Trinajstić information content (AvgIpc) is 3.33. The highest BCUT2D eigenvalue weighted by molar-refractivity contribution is 8.19. The van der Waals surface area contributed by atoms with Gasteiger partial charge in [-0.2, -0.15) is 0 Å². The van der Waals surface area contributed by atoms with Crippen LogP contribution in [0.4, 0.5) is 0 Å². The summed E-state index contributed by atoms with van der Waals surface area (Å²) in [6.07, 6.45) is 3.29. The minimum Gasteiger partial charge on any atom is -0.457 e. The molecule has 26 heavy (non-hydrogen) atoms. The zero-order valence-electron chi connectivity index (χ0n) is 13.0. The van der Waals surface area contributed by atoms with E-state index in [9.17, 15) is 4.79 Å². The first-order valence-electron chi connectivity index (χ1n) is 7.50. The summed E-state index contributed by atoms with van der Waals surface area (Å²) in [5.74, 6) is 0.336. The van der Waals surface area contributed by atoms with Crippen molar-refractivity contribution in [1.82, 2.24) is 4.98 Å². The van der Waals surface area contributed by atoms with Crippen molar-refractivity contribution in [3.63, 3.8) is 0 Å². The molecular weight excluding hydrogens is 411 g/mol. The fraction of sp³-hybridized carbons (Fsp3) is 0.0556. The summed E-state index contributed by atoms with van der Waals surface area (Å²) in [6, 6.07) is 8.67. The number of carbonyl (C=O) groups excluding carboxylic acids is 1. The van der Waals surface area contributed by atoms with Gasteiger partial charge >= 0.3 is 0 Å². The summed E-state index contributed by atoms with van der Waals surface area (Å²) in [6.45, 7) is 0. The van der Waals surface area contributed by atoms with E-state index in [4.69, 9.17) is 33.0 Å². The van der Waals surface area contributed by atoms with Crippen molar-refractivity contribution in [2.75, 3.05) is 0 Å². The number of aromatic nitrogens is 1. The van der Waals surface area contributed by atoms with Gasteiger partial charge in [0.15, 0.2) is 5.78 Å². The van der Waals surface area contributed by atoms with Crippen LogP contribution < -0.4 is 0 Å². The molecule has 1 atom stereocenters. The first kappa shape index (κ1) is 17.5. The van der Waals surface area contributed by atoms with Crippen LogP contribution in [0.5, 0.6) is 0 Å². The molecule has 1 aliphatic heterocycles. The fourth-order valence-corrected chi connectivity index (χ4v) is 4.75. The van der Waals surface area contributed by atoms with Gasteiger partial charge in [0.2, 0.25) is 0 Å². The van der Waals surface area contributed by atoms with E-state index in [1.807, 2.05) is 0 Å². The summed E-state index contributed by atoms with van der Waals surface area (Å²) in [5, 5.41) is 11.9. The molecule has 3 aromatic rings. The van der Waals surface area contributed by atoms with Gasteiger partial charge in [-0.25, -0.2) is 4.98 Å². The van der Waals surface area contributed by atoms with Gasteiger partial charge in [0.1, 0.15) is 22.4 Å². The van der Waals surface area contributed by atoms with Crippen LogP contribution in [-0.2, 0) is 4.79 Å². The summed E-state index contributed by atoms with van der Waals surface area (Å²) < 4.78 is 5.81. The molecule has 0 bridgehead atoms. The molecule has 1 aliphatic rings. The molecular formula is C18H10Cl2N2O2S2. The number of thioether (sulfide) groups is 1. The normalized spacial score (nSPS) is 18.8. The Bertz CT molecular complexity index is 1040. The molecule has 0 saturated carbocycles. The van der Waals surface area contributed by atoms with Gasteiger partial charge in [0.25, 0.3) is 0 Å². The molecule has 1 unspecified atom stereocenters. The number of nitrogens with zero attached hydrogens (tertiary/aromatic N) is 1. The second kappa shape index (κ2) is 7.04. The largest absolute Gasteiger partial charge is 0.457 e. The molecule has 0 aliphatic carbocycles. The molecule has 1 fully saturated rings. The third-order valence-electron chi connectivity index (χ3n) is 3.78. The molecule has 3 heterocycles. The SMILES string of the molecule is N=C1SC(=Cc2ccc(-c3cc(Cl)ccc3Cl)o2)C(=O)C1c1nccs1. The number of furan rings is 1. The highest BCUT2D eigenvalue weighted by Crippen LogP contribution is 2.41. The minimum absolute atomic E-state index is 0.131. The van der Waals surface area contributed by atoms with Crippen LogP contribution in [0.2, 0.25) is 10.0 Å². The third kappa shape index (κ3) is 3.25. The maximum atomic E-state index is 12.7. The number of hydrogen-bond donors (Lipinski definition) is 1. The number of hydrogen-bond acceptors (Lipinski definition) is 6. The molecule has 4 rings (SSSR count). The Kier molecular flexibility index (Phi) is 4.75. The van der Waals surface area contributed by atoms with Crippen LogP contribution in [-0.4, -0.2) is 15.8 Å². The second-order valence-corrected chi connectivity index (χ2v) is 8.32. The molecule has 8 heteroatoms. The van der Waals surface area contributed by atoms with E-state index in [1.54, 1.807) is 48.0 Å². The number of rotatable bonds is 3. The Balaban J connectivity index is 1.64. The highest BCUT2D eigenvalue weighted by atomic mass is 35.5. The molecule has 0 radical (unpaired) electrons. The van der Waals surface area contributed by atoms with Gasteiger partial charge in [-0.3, -0.25) is 10.2 Å². The minimum atomic E-state index is -0.608. The topological polar surface area (TPSA) is 67.0 Å². The first-order chi connectivity index (χ1) is 12.5. The van der Waals surface area contributed by atoms with Crippen LogP contribution in [0, 0.1) is 5.41 Å². The van der Waals surface area contributed by atoms with E-state index >= 15 is 0 Å². The lowest BCUT2D eigenvalue weighted by Crippen LogP contribution is -2.11. The molecule has 0 spiro atoms. The molecule has 1 saturated heterocycles. The van der Waals surface area contributed by atoms with E-state index in [0.29, 0.717) is 37.0 Å².